The Kier molecular flexibility index (Phi) is 5.23. The summed E-state index contributed by atoms with van der Waals surface area (Å²) in [5, 5.41) is 2.81. The second kappa shape index (κ2) is 6.68. The highest BCUT2D eigenvalue weighted by molar-refractivity contribution is 5.81. The van der Waals surface area contributed by atoms with Gasteiger partial charge in [-0.05, 0) is 20.8 Å². The van der Waals surface area contributed by atoms with Crippen LogP contribution in [0.25, 0.3) is 0 Å². The number of aldehydes is 1. The van der Waals surface area contributed by atoms with E-state index in [1.165, 1.54) is 12.4 Å². The van der Waals surface area contributed by atoms with Crippen LogP contribution in [0.15, 0.2) is 12.4 Å². The summed E-state index contributed by atoms with van der Waals surface area (Å²) in [6.45, 7) is 6.55. The Hall–Kier alpha value is -1.98. The average molecular weight is 250 g/mol. The van der Waals surface area contributed by atoms with E-state index < -0.39 is 0 Å². The minimum Gasteiger partial charge on any atom is -0.352 e. The molecule has 0 saturated heterocycles. The summed E-state index contributed by atoms with van der Waals surface area (Å²) in [4.78, 5) is 32.0. The van der Waals surface area contributed by atoms with E-state index in [2.05, 4.69) is 15.3 Å². The minimum atomic E-state index is -0.0742. The highest BCUT2D eigenvalue weighted by atomic mass is 16.2. The molecule has 0 bridgehead atoms. The van der Waals surface area contributed by atoms with Crippen molar-refractivity contribution in [3.8, 4) is 0 Å². The number of likely N-dealkylation sites (N-methyl/N-ethyl adjacent to an activating group) is 1. The van der Waals surface area contributed by atoms with E-state index in [0.29, 0.717) is 24.3 Å². The molecule has 0 saturated carbocycles. The Morgan fingerprint density at radius 2 is 2.06 bits per heavy atom. The molecule has 1 amide bonds. The van der Waals surface area contributed by atoms with Gasteiger partial charge in [0.05, 0.1) is 12.1 Å². The highest BCUT2D eigenvalue weighted by Gasteiger charge is 2.12. The van der Waals surface area contributed by atoms with Crippen molar-refractivity contribution in [3.05, 3.63) is 18.0 Å². The van der Waals surface area contributed by atoms with Gasteiger partial charge in [-0.25, -0.2) is 9.97 Å². The van der Waals surface area contributed by atoms with Crippen LogP contribution >= 0.6 is 0 Å². The first kappa shape index (κ1) is 14.1. The van der Waals surface area contributed by atoms with Crippen LogP contribution in [0.5, 0.6) is 0 Å². The van der Waals surface area contributed by atoms with E-state index in [0.717, 1.165) is 0 Å². The number of amides is 1. The number of aromatic nitrogens is 2. The van der Waals surface area contributed by atoms with Gasteiger partial charge < -0.3 is 10.2 Å². The van der Waals surface area contributed by atoms with Crippen molar-refractivity contribution in [1.29, 1.82) is 0 Å². The van der Waals surface area contributed by atoms with Crippen LogP contribution in [0.3, 0.4) is 0 Å². The van der Waals surface area contributed by atoms with Crippen LogP contribution in [0, 0.1) is 0 Å². The zero-order valence-electron chi connectivity index (χ0n) is 10.9. The van der Waals surface area contributed by atoms with Crippen molar-refractivity contribution < 1.29 is 9.59 Å². The maximum atomic E-state index is 11.7. The molecule has 1 rings (SSSR count). The third kappa shape index (κ3) is 4.12. The van der Waals surface area contributed by atoms with Gasteiger partial charge in [-0.1, -0.05) is 0 Å². The van der Waals surface area contributed by atoms with Crippen LogP contribution in [-0.4, -0.2) is 41.3 Å². The number of hydrogen-bond donors (Lipinski definition) is 1. The lowest BCUT2D eigenvalue weighted by Crippen LogP contribution is -2.40. The lowest BCUT2D eigenvalue weighted by molar-refractivity contribution is -0.120. The Balaban J connectivity index is 2.70. The van der Waals surface area contributed by atoms with Crippen molar-refractivity contribution in [3.63, 3.8) is 0 Å². The molecule has 98 valence electrons. The summed E-state index contributed by atoms with van der Waals surface area (Å²) in [6, 6.07) is 0.106. The van der Waals surface area contributed by atoms with Crippen LogP contribution < -0.4 is 10.2 Å². The molecule has 0 radical (unpaired) electrons. The molecule has 18 heavy (non-hydrogen) atoms. The molecule has 0 atom stereocenters. The fourth-order valence-electron chi connectivity index (χ4n) is 1.42. The third-order valence-corrected chi connectivity index (χ3v) is 2.24. The summed E-state index contributed by atoms with van der Waals surface area (Å²) in [5.74, 6) is 0.372. The maximum Gasteiger partial charge on any atom is 0.239 e. The quantitative estimate of drug-likeness (QED) is 0.750. The number of anilines is 1. The summed E-state index contributed by atoms with van der Waals surface area (Å²) < 4.78 is 0. The molecule has 1 aromatic rings. The number of carbonyl (C=O) groups excluding carboxylic acids is 2. The second-order valence-electron chi connectivity index (χ2n) is 4.17. The Morgan fingerprint density at radius 3 is 2.50 bits per heavy atom. The van der Waals surface area contributed by atoms with E-state index in [4.69, 9.17) is 0 Å². The van der Waals surface area contributed by atoms with Gasteiger partial charge in [0.1, 0.15) is 0 Å². The largest absolute Gasteiger partial charge is 0.352 e. The first-order valence-corrected chi connectivity index (χ1v) is 5.88. The van der Waals surface area contributed by atoms with Gasteiger partial charge in [0.15, 0.2) is 6.29 Å². The molecule has 0 aliphatic rings. The van der Waals surface area contributed by atoms with E-state index >= 15 is 0 Å². The Labute approximate surface area is 106 Å². The van der Waals surface area contributed by atoms with Crippen molar-refractivity contribution in [2.24, 2.45) is 0 Å². The molecule has 6 nitrogen and oxygen atoms in total. The Morgan fingerprint density at radius 1 is 1.44 bits per heavy atom. The van der Waals surface area contributed by atoms with Gasteiger partial charge in [0.2, 0.25) is 11.9 Å². The topological polar surface area (TPSA) is 75.2 Å². The fraction of sp³-hybridized carbons (Fsp3) is 0.500. The van der Waals surface area contributed by atoms with Gasteiger partial charge >= 0.3 is 0 Å². The van der Waals surface area contributed by atoms with Gasteiger partial charge in [-0.3, -0.25) is 9.59 Å². The number of nitrogens with zero attached hydrogens (tertiary/aromatic N) is 3. The molecule has 1 heterocycles. The summed E-state index contributed by atoms with van der Waals surface area (Å²) in [5.41, 5.74) is 0.418. The summed E-state index contributed by atoms with van der Waals surface area (Å²) >= 11 is 0. The minimum absolute atomic E-state index is 0.0742. The van der Waals surface area contributed by atoms with Crippen LogP contribution in [0.2, 0.25) is 0 Å². The molecule has 1 N–H and O–H groups in total. The number of nitrogens with one attached hydrogen (secondary N) is 1. The standard InChI is InChI=1S/C12H18N4O2/c1-4-16(7-11(18)15-9(2)3)12-13-5-10(8-17)6-14-12/h5-6,8-9H,4,7H2,1-3H3,(H,15,18). The van der Waals surface area contributed by atoms with Gasteiger partial charge in [-0.2, -0.15) is 0 Å². The van der Waals surface area contributed by atoms with Gasteiger partial charge in [-0.15, -0.1) is 0 Å². The molecule has 0 aliphatic heterocycles. The molecular weight excluding hydrogens is 232 g/mol. The molecular formula is C12H18N4O2. The zero-order chi connectivity index (χ0) is 13.5. The fourth-order valence-corrected chi connectivity index (χ4v) is 1.42. The molecule has 0 fully saturated rings. The first-order chi connectivity index (χ1) is 8.56. The molecule has 0 aromatic carbocycles. The number of carbonyl (C=O) groups is 2. The molecule has 0 spiro atoms. The van der Waals surface area contributed by atoms with E-state index in [1.54, 1.807) is 4.90 Å². The third-order valence-electron chi connectivity index (χ3n) is 2.24. The van der Waals surface area contributed by atoms with Crippen molar-refractivity contribution in [1.82, 2.24) is 15.3 Å². The second-order valence-corrected chi connectivity index (χ2v) is 4.17. The van der Waals surface area contributed by atoms with Crippen LogP contribution in [0.4, 0.5) is 5.95 Å². The maximum absolute atomic E-state index is 11.7. The molecule has 1 aromatic heterocycles. The summed E-state index contributed by atoms with van der Waals surface area (Å²) in [7, 11) is 0. The monoisotopic (exact) mass is 250 g/mol. The lowest BCUT2D eigenvalue weighted by Gasteiger charge is -2.20. The van der Waals surface area contributed by atoms with Crippen molar-refractivity contribution in [2.75, 3.05) is 18.0 Å². The van der Waals surface area contributed by atoms with Crippen LogP contribution in [-0.2, 0) is 4.79 Å². The van der Waals surface area contributed by atoms with Crippen LogP contribution in [0.1, 0.15) is 31.1 Å². The van der Waals surface area contributed by atoms with E-state index in [1.807, 2.05) is 20.8 Å². The lowest BCUT2D eigenvalue weighted by atomic mass is 10.3. The smallest absolute Gasteiger partial charge is 0.239 e. The van der Waals surface area contributed by atoms with Gasteiger partial charge in [0, 0.05) is 25.0 Å². The Bertz CT molecular complexity index is 403. The average Bonchev–Trinajstić information content (AvgIpc) is 2.35. The number of hydrogen-bond acceptors (Lipinski definition) is 5. The normalized spacial score (nSPS) is 10.2. The van der Waals surface area contributed by atoms with Crippen molar-refractivity contribution in [2.45, 2.75) is 26.8 Å². The first-order valence-electron chi connectivity index (χ1n) is 5.88. The molecule has 0 unspecified atom stereocenters. The van der Waals surface area contributed by atoms with E-state index in [-0.39, 0.29) is 18.5 Å². The van der Waals surface area contributed by atoms with Crippen molar-refractivity contribution >= 4 is 18.1 Å². The zero-order valence-corrected chi connectivity index (χ0v) is 10.9. The highest BCUT2D eigenvalue weighted by Crippen LogP contribution is 2.05. The number of rotatable bonds is 6. The SMILES string of the molecule is CCN(CC(=O)NC(C)C)c1ncc(C=O)cn1. The summed E-state index contributed by atoms with van der Waals surface area (Å²) in [6.07, 6.45) is 3.57. The predicted octanol–water partition coefficient (Wildman–Crippen LogP) is 0.640. The molecule has 0 aliphatic carbocycles. The van der Waals surface area contributed by atoms with Gasteiger partial charge in [0.25, 0.3) is 0 Å². The molecule has 6 heteroatoms. The predicted molar refractivity (Wildman–Crippen MR) is 68.6 cm³/mol. The van der Waals surface area contributed by atoms with E-state index in [9.17, 15) is 9.59 Å².